The van der Waals surface area contributed by atoms with E-state index in [1.165, 1.54) is 0 Å². The molecule has 0 bridgehead atoms. The summed E-state index contributed by atoms with van der Waals surface area (Å²) in [5, 5.41) is 17.7. The highest BCUT2D eigenvalue weighted by atomic mass is 32.1. The highest BCUT2D eigenvalue weighted by molar-refractivity contribution is 7.17. The van der Waals surface area contributed by atoms with Crippen LogP contribution in [-0.4, -0.2) is 34.7 Å². The molecule has 2 aromatic heterocycles. The number of carbonyl (C=O) groups excluding carboxylic acids is 1. The fourth-order valence-corrected chi connectivity index (χ4v) is 5.71. The molecule has 1 fully saturated rings. The van der Waals surface area contributed by atoms with Crippen molar-refractivity contribution in [3.63, 3.8) is 0 Å². The van der Waals surface area contributed by atoms with Crippen molar-refractivity contribution < 1.29 is 19.3 Å². The standard InChI is InChI=1S/C28H32BN3O4S/c1-29(34)31-20-6-8-23(9-7-20)36-24-12-10-22(11-13-24)35-18-19-4-3-5-21(16-19)30-28(33)26-17-27-25(32(26)2)14-15-37-27/h3-5,10-17,20,23,31,34H,6-9,18H2,1-2H3,(H,30,33). The zero-order valence-electron chi connectivity index (χ0n) is 21.1. The summed E-state index contributed by atoms with van der Waals surface area (Å²) in [4.78, 5) is 12.8. The van der Waals surface area contributed by atoms with E-state index in [0.717, 1.165) is 58.6 Å². The number of hydrogen-bond acceptors (Lipinski definition) is 6. The Hall–Kier alpha value is -3.27. The molecule has 4 aromatic rings. The third kappa shape index (κ3) is 6.36. The van der Waals surface area contributed by atoms with E-state index >= 15 is 0 Å². The number of nitrogens with one attached hydrogen (secondary N) is 2. The summed E-state index contributed by atoms with van der Waals surface area (Å²) < 4.78 is 15.1. The fraction of sp³-hybridized carbons (Fsp3) is 0.321. The Labute approximate surface area is 221 Å². The quantitative estimate of drug-likeness (QED) is 0.257. The van der Waals surface area contributed by atoms with E-state index in [4.69, 9.17) is 9.47 Å². The van der Waals surface area contributed by atoms with Crippen LogP contribution in [0.5, 0.6) is 11.5 Å². The van der Waals surface area contributed by atoms with Gasteiger partial charge in [-0.25, -0.2) is 0 Å². The van der Waals surface area contributed by atoms with E-state index in [-0.39, 0.29) is 12.0 Å². The lowest BCUT2D eigenvalue weighted by molar-refractivity contribution is 0.101. The number of thiophene rings is 1. The number of hydrogen-bond donors (Lipinski definition) is 3. The molecule has 2 heterocycles. The van der Waals surface area contributed by atoms with Crippen molar-refractivity contribution in [2.24, 2.45) is 7.05 Å². The van der Waals surface area contributed by atoms with Gasteiger partial charge in [0.2, 0.25) is 0 Å². The number of nitrogens with zero attached hydrogens (tertiary/aromatic N) is 1. The van der Waals surface area contributed by atoms with Crippen LogP contribution in [0.25, 0.3) is 10.2 Å². The molecule has 192 valence electrons. The molecular formula is C28H32BN3O4S. The zero-order valence-corrected chi connectivity index (χ0v) is 22.0. The molecule has 1 saturated carbocycles. The van der Waals surface area contributed by atoms with Crippen molar-refractivity contribution in [1.82, 2.24) is 9.79 Å². The van der Waals surface area contributed by atoms with Crippen molar-refractivity contribution >= 4 is 40.2 Å². The summed E-state index contributed by atoms with van der Waals surface area (Å²) in [5.41, 5.74) is 3.40. The molecule has 37 heavy (non-hydrogen) atoms. The monoisotopic (exact) mass is 517 g/mol. The van der Waals surface area contributed by atoms with Gasteiger partial charge in [-0.3, -0.25) is 4.79 Å². The summed E-state index contributed by atoms with van der Waals surface area (Å²) in [6, 6.07) is 19.7. The minimum atomic E-state index is -0.469. The van der Waals surface area contributed by atoms with Gasteiger partial charge in [-0.05, 0) is 98.0 Å². The Morgan fingerprint density at radius 1 is 1.08 bits per heavy atom. The molecule has 0 saturated heterocycles. The van der Waals surface area contributed by atoms with Gasteiger partial charge in [-0.1, -0.05) is 12.1 Å². The first-order valence-corrected chi connectivity index (χ1v) is 13.6. The summed E-state index contributed by atoms with van der Waals surface area (Å²) in [7, 11) is 1.44. The highest BCUT2D eigenvalue weighted by Crippen LogP contribution is 2.27. The SMILES string of the molecule is CB(O)NC1CCC(Oc2ccc(OCc3cccc(NC(=O)c4cc5sccc5n4C)c3)cc2)CC1. The molecule has 1 aliphatic rings. The van der Waals surface area contributed by atoms with Gasteiger partial charge >= 0.3 is 7.05 Å². The lowest BCUT2D eigenvalue weighted by atomic mass is 9.83. The van der Waals surface area contributed by atoms with Gasteiger partial charge in [0.1, 0.15) is 23.8 Å². The third-order valence-corrected chi connectivity index (χ3v) is 7.62. The van der Waals surface area contributed by atoms with Gasteiger partial charge in [0.15, 0.2) is 0 Å². The molecule has 0 spiro atoms. The molecule has 9 heteroatoms. The third-order valence-electron chi connectivity index (χ3n) is 6.76. The topological polar surface area (TPSA) is 84.8 Å². The number of aromatic nitrogens is 1. The first-order valence-electron chi connectivity index (χ1n) is 12.7. The molecule has 5 rings (SSSR count). The van der Waals surface area contributed by atoms with Gasteiger partial charge in [-0.15, -0.1) is 11.3 Å². The summed E-state index contributed by atoms with van der Waals surface area (Å²) in [6.07, 6.45) is 4.14. The van der Waals surface area contributed by atoms with Crippen LogP contribution in [0.15, 0.2) is 66.0 Å². The van der Waals surface area contributed by atoms with Crippen LogP contribution in [0.4, 0.5) is 5.69 Å². The molecule has 7 nitrogen and oxygen atoms in total. The molecule has 0 aliphatic heterocycles. The van der Waals surface area contributed by atoms with Crippen LogP contribution < -0.4 is 20.0 Å². The number of carbonyl (C=O) groups is 1. The zero-order chi connectivity index (χ0) is 25.8. The van der Waals surface area contributed by atoms with E-state index in [2.05, 4.69) is 10.5 Å². The molecular weight excluding hydrogens is 485 g/mol. The van der Waals surface area contributed by atoms with E-state index in [1.807, 2.05) is 77.7 Å². The van der Waals surface area contributed by atoms with Gasteiger partial charge < -0.3 is 29.6 Å². The number of fused-ring (bicyclic) bond motifs is 1. The van der Waals surface area contributed by atoms with E-state index in [1.54, 1.807) is 18.2 Å². The van der Waals surface area contributed by atoms with Crippen LogP contribution in [0.3, 0.4) is 0 Å². The Morgan fingerprint density at radius 3 is 2.57 bits per heavy atom. The largest absolute Gasteiger partial charge is 0.490 e. The van der Waals surface area contributed by atoms with E-state index in [9.17, 15) is 9.82 Å². The second kappa shape index (κ2) is 11.4. The smallest absolute Gasteiger partial charge is 0.373 e. The van der Waals surface area contributed by atoms with Crippen molar-refractivity contribution in [2.75, 3.05) is 5.32 Å². The normalized spacial score (nSPS) is 17.5. The molecule has 0 unspecified atom stereocenters. The number of anilines is 1. The first-order chi connectivity index (χ1) is 17.9. The minimum absolute atomic E-state index is 0.132. The fourth-order valence-electron chi connectivity index (χ4n) is 4.86. The van der Waals surface area contributed by atoms with Gasteiger partial charge in [-0.2, -0.15) is 0 Å². The maximum atomic E-state index is 12.8. The summed E-state index contributed by atoms with van der Waals surface area (Å²) in [5.74, 6) is 1.47. The second-order valence-electron chi connectivity index (χ2n) is 9.61. The van der Waals surface area contributed by atoms with Gasteiger partial charge in [0, 0.05) is 12.7 Å². The van der Waals surface area contributed by atoms with E-state index in [0.29, 0.717) is 18.3 Å². The van der Waals surface area contributed by atoms with E-state index < -0.39 is 7.05 Å². The first kappa shape index (κ1) is 25.4. The molecule has 0 radical (unpaired) electrons. The number of aryl methyl sites for hydroxylation is 1. The predicted octanol–water partition coefficient (Wildman–Crippen LogP) is 5.46. The van der Waals surface area contributed by atoms with Crippen molar-refractivity contribution in [3.05, 3.63) is 77.3 Å². The Balaban J connectivity index is 1.11. The Kier molecular flexibility index (Phi) is 7.83. The van der Waals surface area contributed by atoms with Crippen LogP contribution in [-0.2, 0) is 13.7 Å². The van der Waals surface area contributed by atoms with Crippen LogP contribution in [0.1, 0.15) is 41.7 Å². The molecule has 2 aromatic carbocycles. The van der Waals surface area contributed by atoms with Crippen molar-refractivity contribution in [3.8, 4) is 11.5 Å². The molecule has 0 atom stereocenters. The summed E-state index contributed by atoms with van der Waals surface area (Å²) in [6.45, 7) is 2.15. The molecule has 1 amide bonds. The number of amides is 1. The lowest BCUT2D eigenvalue weighted by Crippen LogP contribution is -2.43. The highest BCUT2D eigenvalue weighted by Gasteiger charge is 2.23. The summed E-state index contributed by atoms with van der Waals surface area (Å²) >= 11 is 1.63. The average Bonchev–Trinajstić information content (AvgIpc) is 3.48. The maximum Gasteiger partial charge on any atom is 0.373 e. The Bertz CT molecular complexity index is 1340. The van der Waals surface area contributed by atoms with Crippen LogP contribution in [0.2, 0.25) is 6.82 Å². The molecule has 1 aliphatic carbocycles. The van der Waals surface area contributed by atoms with Gasteiger partial charge in [0.25, 0.3) is 5.91 Å². The van der Waals surface area contributed by atoms with Gasteiger partial charge in [0.05, 0.1) is 16.3 Å². The number of benzene rings is 2. The van der Waals surface area contributed by atoms with Crippen LogP contribution >= 0.6 is 11.3 Å². The number of rotatable bonds is 9. The van der Waals surface area contributed by atoms with Crippen molar-refractivity contribution in [2.45, 2.75) is 51.3 Å². The molecule has 3 N–H and O–H groups in total. The number of ether oxygens (including phenoxy) is 2. The minimum Gasteiger partial charge on any atom is -0.490 e. The maximum absolute atomic E-state index is 12.8. The van der Waals surface area contributed by atoms with Crippen LogP contribution in [0, 0.1) is 0 Å². The lowest BCUT2D eigenvalue weighted by Gasteiger charge is -2.30. The van der Waals surface area contributed by atoms with Crippen molar-refractivity contribution in [1.29, 1.82) is 0 Å². The average molecular weight is 517 g/mol. The predicted molar refractivity (Wildman–Crippen MR) is 150 cm³/mol. The second-order valence-corrected chi connectivity index (χ2v) is 10.6. The Morgan fingerprint density at radius 2 is 1.84 bits per heavy atom.